The Morgan fingerprint density at radius 2 is 2.38 bits per heavy atom. The number of nitrogens with one attached hydrogen (secondary N) is 1. The largest absolute Gasteiger partial charge is 0.557 e. The summed E-state index contributed by atoms with van der Waals surface area (Å²) in [6, 6.07) is 4.56. The molecule has 0 saturated carbocycles. The number of ether oxygens (including phenoxy) is 1. The van der Waals surface area contributed by atoms with Crippen molar-refractivity contribution in [3.63, 3.8) is 0 Å². The summed E-state index contributed by atoms with van der Waals surface area (Å²) < 4.78 is 4.92. The Bertz CT molecular complexity index is 339. The quantitative estimate of drug-likeness (QED) is 0.506. The summed E-state index contributed by atoms with van der Waals surface area (Å²) in [7, 11) is 1.51. The SMILES string of the molecule is COc1ccc2c(c1)NO[N+]2([O-])O. The number of rotatable bonds is 1. The van der Waals surface area contributed by atoms with Gasteiger partial charge in [-0.05, 0) is 16.0 Å². The molecule has 0 fully saturated rings. The van der Waals surface area contributed by atoms with Gasteiger partial charge in [-0.15, -0.1) is 0 Å². The van der Waals surface area contributed by atoms with E-state index < -0.39 is 4.97 Å². The van der Waals surface area contributed by atoms with Crippen LogP contribution in [-0.2, 0) is 4.94 Å². The highest BCUT2D eigenvalue weighted by Gasteiger charge is 2.33. The molecule has 2 rings (SSSR count). The highest BCUT2D eigenvalue weighted by molar-refractivity contribution is 5.70. The maximum Gasteiger partial charge on any atom is 0.228 e. The second-order valence-electron chi connectivity index (χ2n) is 2.60. The van der Waals surface area contributed by atoms with Crippen molar-refractivity contribution in [1.82, 2.24) is 4.97 Å². The van der Waals surface area contributed by atoms with Crippen molar-refractivity contribution < 1.29 is 14.9 Å². The monoisotopic (exact) mass is 184 g/mol. The van der Waals surface area contributed by atoms with Gasteiger partial charge < -0.3 is 9.94 Å². The van der Waals surface area contributed by atoms with E-state index in [-0.39, 0.29) is 5.69 Å². The average molecular weight is 184 g/mol. The minimum atomic E-state index is -1.86. The Morgan fingerprint density at radius 3 is 3.08 bits per heavy atom. The van der Waals surface area contributed by atoms with Crippen LogP contribution in [0.5, 0.6) is 5.75 Å². The molecule has 0 amide bonds. The fourth-order valence-corrected chi connectivity index (χ4v) is 1.13. The van der Waals surface area contributed by atoms with Gasteiger partial charge in [0, 0.05) is 12.1 Å². The maximum atomic E-state index is 11.1. The van der Waals surface area contributed by atoms with Crippen LogP contribution in [0.2, 0.25) is 0 Å². The lowest BCUT2D eigenvalue weighted by Crippen LogP contribution is -2.35. The zero-order chi connectivity index (χ0) is 9.47. The van der Waals surface area contributed by atoms with Crippen LogP contribution >= 0.6 is 0 Å². The van der Waals surface area contributed by atoms with Gasteiger partial charge in [0.1, 0.15) is 11.4 Å². The van der Waals surface area contributed by atoms with Crippen LogP contribution in [0.3, 0.4) is 0 Å². The van der Waals surface area contributed by atoms with E-state index in [0.29, 0.717) is 11.4 Å². The first-order valence-corrected chi connectivity index (χ1v) is 3.59. The molecule has 13 heavy (non-hydrogen) atoms. The van der Waals surface area contributed by atoms with E-state index >= 15 is 0 Å². The molecule has 0 aromatic heterocycles. The first-order valence-electron chi connectivity index (χ1n) is 3.59. The van der Waals surface area contributed by atoms with E-state index in [0.717, 1.165) is 0 Å². The standard InChI is InChI=1S/C7H8N2O4/c1-12-5-2-3-7-6(4-5)8-13-9(7,10)11/h2-4,8,10H,1H3. The minimum Gasteiger partial charge on any atom is -0.557 e. The van der Waals surface area contributed by atoms with Gasteiger partial charge >= 0.3 is 0 Å². The Balaban J connectivity index is 2.46. The minimum absolute atomic E-state index is 0.0980. The van der Waals surface area contributed by atoms with Crippen molar-refractivity contribution in [2.45, 2.75) is 0 Å². The molecule has 1 heterocycles. The van der Waals surface area contributed by atoms with Gasteiger partial charge in [0.2, 0.25) is 5.69 Å². The van der Waals surface area contributed by atoms with Crippen LogP contribution < -0.4 is 15.2 Å². The second kappa shape index (κ2) is 2.57. The van der Waals surface area contributed by atoms with Crippen LogP contribution in [0.15, 0.2) is 18.2 Å². The van der Waals surface area contributed by atoms with E-state index in [1.54, 1.807) is 12.1 Å². The number of benzene rings is 1. The van der Waals surface area contributed by atoms with Crippen LogP contribution in [0.1, 0.15) is 0 Å². The van der Waals surface area contributed by atoms with Crippen molar-refractivity contribution in [1.29, 1.82) is 0 Å². The number of fused-ring (bicyclic) bond motifs is 1. The van der Waals surface area contributed by atoms with E-state index in [1.165, 1.54) is 13.2 Å². The molecule has 1 aliphatic rings. The molecule has 0 saturated heterocycles. The zero-order valence-corrected chi connectivity index (χ0v) is 6.85. The molecule has 0 aliphatic carbocycles. The fourth-order valence-electron chi connectivity index (χ4n) is 1.13. The lowest BCUT2D eigenvalue weighted by atomic mass is 10.2. The molecule has 0 radical (unpaired) electrons. The van der Waals surface area contributed by atoms with Crippen molar-refractivity contribution in [3.8, 4) is 5.75 Å². The summed E-state index contributed by atoms with van der Waals surface area (Å²) in [5, 5.41) is 20.2. The van der Waals surface area contributed by atoms with Crippen LogP contribution in [0.25, 0.3) is 0 Å². The van der Waals surface area contributed by atoms with E-state index in [9.17, 15) is 5.21 Å². The van der Waals surface area contributed by atoms with Crippen molar-refractivity contribution >= 4 is 11.4 Å². The van der Waals surface area contributed by atoms with Crippen LogP contribution in [0, 0.1) is 5.21 Å². The summed E-state index contributed by atoms with van der Waals surface area (Å²) in [5.74, 6) is 0.580. The molecule has 6 nitrogen and oxygen atoms in total. The number of anilines is 1. The van der Waals surface area contributed by atoms with Gasteiger partial charge in [-0.2, -0.15) is 5.21 Å². The summed E-state index contributed by atoms with van der Waals surface area (Å²) in [4.78, 5) is 2.48. The summed E-state index contributed by atoms with van der Waals surface area (Å²) in [6.45, 7) is 0. The third kappa shape index (κ3) is 1.21. The van der Waals surface area contributed by atoms with Crippen molar-refractivity contribution in [3.05, 3.63) is 23.4 Å². The third-order valence-corrected chi connectivity index (χ3v) is 1.79. The number of methoxy groups -OCH3 is 1. The predicted molar refractivity (Wildman–Crippen MR) is 44.6 cm³/mol. The number of nitrogens with zero attached hydrogens (tertiary/aromatic N) is 1. The normalized spacial score (nSPS) is 25.2. The predicted octanol–water partition coefficient (Wildman–Crippen LogP) is 1.16. The second-order valence-corrected chi connectivity index (χ2v) is 2.60. The first-order chi connectivity index (χ1) is 6.13. The first kappa shape index (κ1) is 8.27. The lowest BCUT2D eigenvalue weighted by molar-refractivity contribution is -0.263. The summed E-state index contributed by atoms with van der Waals surface area (Å²) in [6.07, 6.45) is 0. The topological polar surface area (TPSA) is 73.8 Å². The molecule has 1 aromatic rings. The molecule has 2 N–H and O–H groups in total. The zero-order valence-electron chi connectivity index (χ0n) is 6.85. The van der Waals surface area contributed by atoms with E-state index in [1.807, 2.05) is 0 Å². The number of hydrogen-bond donors (Lipinski definition) is 2. The molecule has 0 spiro atoms. The van der Waals surface area contributed by atoms with Crippen LogP contribution in [0.4, 0.5) is 11.4 Å². The molecule has 6 heteroatoms. The van der Waals surface area contributed by atoms with E-state index in [2.05, 4.69) is 10.4 Å². The van der Waals surface area contributed by atoms with Gasteiger partial charge in [-0.1, -0.05) is 0 Å². The third-order valence-electron chi connectivity index (χ3n) is 1.79. The molecule has 1 atom stereocenters. The Labute approximate surface area is 73.9 Å². The summed E-state index contributed by atoms with van der Waals surface area (Å²) in [5.41, 5.74) is 2.79. The molecular formula is C7H8N2O4. The van der Waals surface area contributed by atoms with Gasteiger partial charge in [-0.3, -0.25) is 0 Å². The highest BCUT2D eigenvalue weighted by atomic mass is 17.2. The van der Waals surface area contributed by atoms with Crippen LogP contribution in [-0.4, -0.2) is 12.3 Å². The van der Waals surface area contributed by atoms with Crippen molar-refractivity contribution in [2.75, 3.05) is 12.6 Å². The summed E-state index contributed by atoms with van der Waals surface area (Å²) >= 11 is 0. The molecule has 1 aromatic carbocycles. The van der Waals surface area contributed by atoms with Gasteiger partial charge in [-0.25, -0.2) is 5.48 Å². The molecule has 1 aliphatic heterocycles. The fraction of sp³-hybridized carbons (Fsp3) is 0.143. The van der Waals surface area contributed by atoms with Crippen molar-refractivity contribution in [2.24, 2.45) is 0 Å². The van der Waals surface area contributed by atoms with E-state index in [4.69, 9.17) is 9.94 Å². The molecular weight excluding hydrogens is 176 g/mol. The maximum absolute atomic E-state index is 11.1. The molecule has 70 valence electrons. The Kier molecular flexibility index (Phi) is 1.64. The Hall–Kier alpha value is -1.34. The van der Waals surface area contributed by atoms with Gasteiger partial charge in [0.25, 0.3) is 0 Å². The smallest absolute Gasteiger partial charge is 0.228 e. The number of hydrogen-bond acceptors (Lipinski definition) is 5. The average Bonchev–Trinajstić information content (AvgIpc) is 2.42. The van der Waals surface area contributed by atoms with Gasteiger partial charge in [0.15, 0.2) is 0 Å². The Morgan fingerprint density at radius 1 is 1.62 bits per heavy atom. The number of quaternary nitrogens is 1. The highest BCUT2D eigenvalue weighted by Crippen LogP contribution is 2.37. The molecule has 0 bridgehead atoms. The lowest BCUT2D eigenvalue weighted by Gasteiger charge is -2.20. The molecule has 1 unspecified atom stereocenters. The van der Waals surface area contributed by atoms with Gasteiger partial charge in [0.05, 0.1) is 7.11 Å².